The summed E-state index contributed by atoms with van der Waals surface area (Å²) in [4.78, 5) is 13.0. The van der Waals surface area contributed by atoms with Crippen LogP contribution in [0.1, 0.15) is 15.9 Å². The number of para-hydroxylation sites is 1. The van der Waals surface area contributed by atoms with Crippen LogP contribution in [0.25, 0.3) is 0 Å². The summed E-state index contributed by atoms with van der Waals surface area (Å²) in [5.74, 6) is 0.891. The third-order valence-electron chi connectivity index (χ3n) is 5.48. The molecule has 0 saturated carbocycles. The maximum absolute atomic E-state index is 13.4. The summed E-state index contributed by atoms with van der Waals surface area (Å²) in [5, 5.41) is 2.76. The van der Waals surface area contributed by atoms with Crippen molar-refractivity contribution in [3.63, 3.8) is 0 Å². The Labute approximate surface area is 185 Å². The molecule has 2 aliphatic rings. The predicted molar refractivity (Wildman–Crippen MR) is 118 cm³/mol. The molecular formula is C23H20N2O6S. The van der Waals surface area contributed by atoms with Gasteiger partial charge in [0.15, 0.2) is 11.5 Å². The fourth-order valence-electron chi connectivity index (χ4n) is 3.88. The third-order valence-corrected chi connectivity index (χ3v) is 7.29. The van der Waals surface area contributed by atoms with Gasteiger partial charge in [0.2, 0.25) is 6.79 Å². The van der Waals surface area contributed by atoms with E-state index in [-0.39, 0.29) is 23.0 Å². The number of benzene rings is 3. The van der Waals surface area contributed by atoms with Crippen molar-refractivity contribution in [1.82, 2.24) is 0 Å². The number of sulfonamides is 1. The Bertz CT molecular complexity index is 1320. The van der Waals surface area contributed by atoms with E-state index >= 15 is 0 Å². The van der Waals surface area contributed by atoms with Gasteiger partial charge in [0, 0.05) is 18.3 Å². The fraction of sp³-hybridized carbons (Fsp3) is 0.174. The number of nitrogens with zero attached hydrogens (tertiary/aromatic N) is 1. The highest BCUT2D eigenvalue weighted by Gasteiger charge is 2.31. The second-order valence-corrected chi connectivity index (χ2v) is 9.20. The molecule has 3 aromatic carbocycles. The first kappa shape index (κ1) is 20.2. The molecule has 164 valence electrons. The first-order valence-electron chi connectivity index (χ1n) is 9.97. The van der Waals surface area contributed by atoms with Crippen molar-refractivity contribution in [2.75, 3.05) is 30.1 Å². The van der Waals surface area contributed by atoms with Crippen molar-refractivity contribution >= 4 is 27.3 Å². The number of nitrogens with one attached hydrogen (secondary N) is 1. The lowest BCUT2D eigenvalue weighted by atomic mass is 10.1. The molecule has 0 unspecified atom stereocenters. The van der Waals surface area contributed by atoms with Crippen LogP contribution in [-0.4, -0.2) is 34.8 Å². The molecule has 1 amide bonds. The first-order chi connectivity index (χ1) is 15.5. The van der Waals surface area contributed by atoms with Gasteiger partial charge in [-0.1, -0.05) is 18.2 Å². The summed E-state index contributed by atoms with van der Waals surface area (Å²) in [6, 6.07) is 16.7. The zero-order valence-corrected chi connectivity index (χ0v) is 18.0. The lowest BCUT2D eigenvalue weighted by Crippen LogP contribution is -2.29. The molecule has 0 aliphatic carbocycles. The standard InChI is InChI=1S/C23H20N2O6S/c1-29-20-9-7-17(32(27,28)25-11-10-15-4-2-3-5-19(15)25)13-18(20)23(26)24-16-6-8-21-22(12-16)31-14-30-21/h2-9,12-13H,10-11,14H2,1H3,(H,24,26). The zero-order valence-electron chi connectivity index (χ0n) is 17.2. The quantitative estimate of drug-likeness (QED) is 0.638. The number of hydrogen-bond donors (Lipinski definition) is 1. The molecule has 32 heavy (non-hydrogen) atoms. The minimum absolute atomic E-state index is 0.0193. The van der Waals surface area contributed by atoms with E-state index in [0.717, 1.165) is 5.56 Å². The Hall–Kier alpha value is -3.72. The Morgan fingerprint density at radius 3 is 2.69 bits per heavy atom. The van der Waals surface area contributed by atoms with Crippen LogP contribution in [0.3, 0.4) is 0 Å². The molecule has 9 heteroatoms. The molecule has 2 aliphatic heterocycles. The molecule has 0 saturated heterocycles. The van der Waals surface area contributed by atoms with E-state index in [2.05, 4.69) is 5.32 Å². The summed E-state index contributed by atoms with van der Waals surface area (Å²) in [6.45, 7) is 0.479. The first-order valence-corrected chi connectivity index (χ1v) is 11.4. The molecular weight excluding hydrogens is 432 g/mol. The highest BCUT2D eigenvalue weighted by molar-refractivity contribution is 7.92. The van der Waals surface area contributed by atoms with Gasteiger partial charge in [-0.05, 0) is 48.4 Å². The monoisotopic (exact) mass is 452 g/mol. The van der Waals surface area contributed by atoms with Gasteiger partial charge in [-0.25, -0.2) is 8.42 Å². The lowest BCUT2D eigenvalue weighted by molar-refractivity contribution is 0.102. The van der Waals surface area contributed by atoms with E-state index in [9.17, 15) is 13.2 Å². The van der Waals surface area contributed by atoms with Gasteiger partial charge in [-0.2, -0.15) is 0 Å². The average Bonchev–Trinajstić information content (AvgIpc) is 3.45. The molecule has 0 atom stereocenters. The number of carbonyl (C=O) groups is 1. The lowest BCUT2D eigenvalue weighted by Gasteiger charge is -2.20. The van der Waals surface area contributed by atoms with Crippen LogP contribution in [0.5, 0.6) is 17.2 Å². The topological polar surface area (TPSA) is 94.2 Å². The molecule has 2 heterocycles. The Morgan fingerprint density at radius 2 is 1.84 bits per heavy atom. The molecule has 3 aromatic rings. The zero-order chi connectivity index (χ0) is 22.3. The van der Waals surface area contributed by atoms with Gasteiger partial charge in [-0.15, -0.1) is 0 Å². The minimum atomic E-state index is -3.85. The van der Waals surface area contributed by atoms with E-state index in [0.29, 0.717) is 35.8 Å². The second kappa shape index (κ2) is 7.76. The van der Waals surface area contributed by atoms with Gasteiger partial charge in [0.25, 0.3) is 15.9 Å². The fourth-order valence-corrected chi connectivity index (χ4v) is 5.41. The Balaban J connectivity index is 1.47. The number of ether oxygens (including phenoxy) is 3. The van der Waals surface area contributed by atoms with Crippen LogP contribution in [0.4, 0.5) is 11.4 Å². The van der Waals surface area contributed by atoms with Crippen LogP contribution < -0.4 is 23.8 Å². The predicted octanol–water partition coefficient (Wildman–Crippen LogP) is 3.43. The van der Waals surface area contributed by atoms with Crippen LogP contribution in [0.15, 0.2) is 65.6 Å². The molecule has 0 spiro atoms. The number of rotatable bonds is 5. The van der Waals surface area contributed by atoms with Crippen LogP contribution >= 0.6 is 0 Å². The SMILES string of the molecule is COc1ccc(S(=O)(=O)N2CCc3ccccc32)cc1C(=O)Nc1ccc2c(c1)OCO2. The number of anilines is 2. The van der Waals surface area contributed by atoms with Crippen molar-refractivity contribution < 1.29 is 27.4 Å². The highest BCUT2D eigenvalue weighted by atomic mass is 32.2. The average molecular weight is 452 g/mol. The molecule has 8 nitrogen and oxygen atoms in total. The molecule has 0 fully saturated rings. The van der Waals surface area contributed by atoms with E-state index in [1.54, 1.807) is 24.3 Å². The van der Waals surface area contributed by atoms with Gasteiger partial charge in [0.1, 0.15) is 5.75 Å². The maximum Gasteiger partial charge on any atom is 0.264 e. The number of hydrogen-bond acceptors (Lipinski definition) is 6. The minimum Gasteiger partial charge on any atom is -0.496 e. The molecule has 0 aromatic heterocycles. The molecule has 5 rings (SSSR count). The van der Waals surface area contributed by atoms with E-state index < -0.39 is 15.9 Å². The Kier molecular flexibility index (Phi) is 4.90. The van der Waals surface area contributed by atoms with Crippen LogP contribution in [0, 0.1) is 0 Å². The van der Waals surface area contributed by atoms with Gasteiger partial charge in [0.05, 0.1) is 23.3 Å². The van der Waals surface area contributed by atoms with Gasteiger partial charge in [-0.3, -0.25) is 9.10 Å². The normalized spacial score (nSPS) is 14.2. The summed E-state index contributed by atoms with van der Waals surface area (Å²) >= 11 is 0. The molecule has 1 N–H and O–H groups in total. The molecule has 0 radical (unpaired) electrons. The number of amides is 1. The number of carbonyl (C=O) groups excluding carboxylic acids is 1. The number of methoxy groups -OCH3 is 1. The van der Waals surface area contributed by atoms with Crippen molar-refractivity contribution in [2.24, 2.45) is 0 Å². The van der Waals surface area contributed by atoms with Crippen molar-refractivity contribution in [3.05, 3.63) is 71.8 Å². The van der Waals surface area contributed by atoms with Crippen molar-refractivity contribution in [1.29, 1.82) is 0 Å². The van der Waals surface area contributed by atoms with Crippen LogP contribution in [-0.2, 0) is 16.4 Å². The smallest absolute Gasteiger partial charge is 0.264 e. The number of fused-ring (bicyclic) bond motifs is 2. The summed E-state index contributed by atoms with van der Waals surface area (Å²) in [6.07, 6.45) is 0.642. The maximum atomic E-state index is 13.4. The van der Waals surface area contributed by atoms with E-state index in [1.165, 1.54) is 29.6 Å². The third kappa shape index (κ3) is 3.40. The van der Waals surface area contributed by atoms with Gasteiger partial charge >= 0.3 is 0 Å². The Morgan fingerprint density at radius 1 is 1.03 bits per heavy atom. The summed E-state index contributed by atoms with van der Waals surface area (Å²) in [7, 11) is -2.42. The largest absolute Gasteiger partial charge is 0.496 e. The van der Waals surface area contributed by atoms with Crippen LogP contribution in [0.2, 0.25) is 0 Å². The second-order valence-electron chi connectivity index (χ2n) is 7.34. The van der Waals surface area contributed by atoms with Crippen molar-refractivity contribution in [2.45, 2.75) is 11.3 Å². The summed E-state index contributed by atoms with van der Waals surface area (Å²) < 4.78 is 44.1. The summed E-state index contributed by atoms with van der Waals surface area (Å²) in [5.41, 5.74) is 2.24. The molecule has 0 bridgehead atoms. The van der Waals surface area contributed by atoms with Gasteiger partial charge < -0.3 is 19.5 Å². The highest BCUT2D eigenvalue weighted by Crippen LogP contribution is 2.36. The van der Waals surface area contributed by atoms with Crippen molar-refractivity contribution in [3.8, 4) is 17.2 Å². The van der Waals surface area contributed by atoms with E-state index in [4.69, 9.17) is 14.2 Å². The van der Waals surface area contributed by atoms with E-state index in [1.807, 2.05) is 18.2 Å².